The molecule has 1 aliphatic rings. The molecule has 3 heteroatoms. The molecule has 0 radical (unpaired) electrons. The van der Waals surface area contributed by atoms with Crippen LogP contribution in [-0.4, -0.2) is 11.2 Å². The van der Waals surface area contributed by atoms with Gasteiger partial charge in [0.15, 0.2) is 0 Å². The third-order valence-corrected chi connectivity index (χ3v) is 4.09. The van der Waals surface area contributed by atoms with Gasteiger partial charge in [-0.25, -0.2) is 4.39 Å². The molecule has 2 rings (SSSR count). The lowest BCUT2D eigenvalue weighted by Gasteiger charge is -2.29. The highest BCUT2D eigenvalue weighted by atomic mass is 35.5. The van der Waals surface area contributed by atoms with Gasteiger partial charge in [0.25, 0.3) is 0 Å². The normalized spacial score (nSPS) is 25.0. The first kappa shape index (κ1) is 14.5. The van der Waals surface area contributed by atoms with Gasteiger partial charge in [0.1, 0.15) is 5.82 Å². The highest BCUT2D eigenvalue weighted by Crippen LogP contribution is 2.31. The average molecular weight is 283 g/mol. The molecule has 0 amide bonds. The van der Waals surface area contributed by atoms with Gasteiger partial charge in [0.2, 0.25) is 0 Å². The van der Waals surface area contributed by atoms with Gasteiger partial charge in [0.05, 0.1) is 11.1 Å². The molecule has 0 aromatic heterocycles. The minimum absolute atomic E-state index is 0.123. The molecule has 19 heavy (non-hydrogen) atoms. The molecule has 1 aromatic carbocycles. The first-order chi connectivity index (χ1) is 8.95. The van der Waals surface area contributed by atoms with Crippen LogP contribution >= 0.6 is 11.6 Å². The molecule has 1 N–H and O–H groups in total. The van der Waals surface area contributed by atoms with Crippen molar-refractivity contribution >= 4 is 11.6 Å². The first-order valence-electron chi connectivity index (χ1n) is 6.75. The van der Waals surface area contributed by atoms with E-state index in [0.717, 1.165) is 18.4 Å². The Morgan fingerprint density at radius 2 is 2.21 bits per heavy atom. The molecule has 1 aromatic rings. The number of aliphatic hydroxyl groups excluding tert-OH is 1. The molecular formula is C16H20ClFO. The summed E-state index contributed by atoms with van der Waals surface area (Å²) in [5, 5.41) is 10.5. The SMILES string of the molecule is CC1=CC(C)CC(C(O)Cc2ccc(F)c(Cl)c2)C1. The third-order valence-electron chi connectivity index (χ3n) is 3.80. The average Bonchev–Trinajstić information content (AvgIpc) is 2.32. The van der Waals surface area contributed by atoms with E-state index in [1.54, 1.807) is 12.1 Å². The quantitative estimate of drug-likeness (QED) is 0.816. The minimum atomic E-state index is -0.412. The topological polar surface area (TPSA) is 20.2 Å². The van der Waals surface area contributed by atoms with Gasteiger partial charge >= 0.3 is 0 Å². The van der Waals surface area contributed by atoms with Crippen molar-refractivity contribution in [1.29, 1.82) is 0 Å². The van der Waals surface area contributed by atoms with E-state index in [-0.39, 0.29) is 10.9 Å². The van der Waals surface area contributed by atoms with Crippen LogP contribution in [0.1, 0.15) is 32.3 Å². The van der Waals surface area contributed by atoms with Crippen molar-refractivity contribution < 1.29 is 9.50 Å². The van der Waals surface area contributed by atoms with Crippen LogP contribution in [0.25, 0.3) is 0 Å². The van der Waals surface area contributed by atoms with E-state index in [1.807, 2.05) is 0 Å². The summed E-state index contributed by atoms with van der Waals surface area (Å²) >= 11 is 5.76. The van der Waals surface area contributed by atoms with Crippen LogP contribution in [0.2, 0.25) is 5.02 Å². The number of rotatable bonds is 3. The lowest BCUT2D eigenvalue weighted by molar-refractivity contribution is 0.0932. The molecule has 1 aliphatic carbocycles. The second-order valence-electron chi connectivity index (χ2n) is 5.71. The molecule has 1 nitrogen and oxygen atoms in total. The molecule has 0 aliphatic heterocycles. The summed E-state index contributed by atoms with van der Waals surface area (Å²) in [6.45, 7) is 4.29. The fraction of sp³-hybridized carbons (Fsp3) is 0.500. The van der Waals surface area contributed by atoms with Gasteiger partial charge in [0, 0.05) is 0 Å². The van der Waals surface area contributed by atoms with Crippen LogP contribution in [-0.2, 0) is 6.42 Å². The monoisotopic (exact) mass is 282 g/mol. The fourth-order valence-corrected chi connectivity index (χ4v) is 3.17. The molecule has 0 saturated heterocycles. The maximum atomic E-state index is 13.1. The Kier molecular flexibility index (Phi) is 4.64. The Balaban J connectivity index is 2.02. The zero-order chi connectivity index (χ0) is 14.0. The molecule has 0 bridgehead atoms. The highest BCUT2D eigenvalue weighted by molar-refractivity contribution is 6.30. The highest BCUT2D eigenvalue weighted by Gasteiger charge is 2.25. The zero-order valence-corrected chi connectivity index (χ0v) is 12.1. The maximum absolute atomic E-state index is 13.1. The van der Waals surface area contributed by atoms with Crippen LogP contribution in [0.5, 0.6) is 0 Å². The van der Waals surface area contributed by atoms with Crippen molar-refractivity contribution in [2.24, 2.45) is 11.8 Å². The van der Waals surface area contributed by atoms with Gasteiger partial charge in [-0.05, 0) is 55.7 Å². The predicted octanol–water partition coefficient (Wildman–Crippen LogP) is 4.37. The number of halogens is 2. The Morgan fingerprint density at radius 1 is 1.47 bits per heavy atom. The maximum Gasteiger partial charge on any atom is 0.141 e. The van der Waals surface area contributed by atoms with E-state index in [2.05, 4.69) is 19.9 Å². The van der Waals surface area contributed by atoms with Gasteiger partial charge in [-0.3, -0.25) is 0 Å². The second kappa shape index (κ2) is 6.06. The van der Waals surface area contributed by atoms with E-state index >= 15 is 0 Å². The fourth-order valence-electron chi connectivity index (χ4n) is 2.96. The Bertz CT molecular complexity index is 484. The van der Waals surface area contributed by atoms with Crippen molar-refractivity contribution in [3.63, 3.8) is 0 Å². The van der Waals surface area contributed by atoms with Gasteiger partial charge in [-0.1, -0.05) is 36.2 Å². The van der Waals surface area contributed by atoms with Crippen molar-refractivity contribution in [1.82, 2.24) is 0 Å². The van der Waals surface area contributed by atoms with Crippen molar-refractivity contribution in [3.8, 4) is 0 Å². The van der Waals surface area contributed by atoms with Crippen molar-refractivity contribution in [2.75, 3.05) is 0 Å². The third kappa shape index (κ3) is 3.80. The molecule has 3 unspecified atom stereocenters. The summed E-state index contributed by atoms with van der Waals surface area (Å²) in [5.41, 5.74) is 2.23. The largest absolute Gasteiger partial charge is 0.392 e. The molecule has 0 saturated carbocycles. The summed E-state index contributed by atoms with van der Waals surface area (Å²) < 4.78 is 13.1. The summed E-state index contributed by atoms with van der Waals surface area (Å²) in [7, 11) is 0. The lowest BCUT2D eigenvalue weighted by atomic mass is 9.79. The van der Waals surface area contributed by atoms with E-state index in [4.69, 9.17) is 11.6 Å². The molecule has 0 fully saturated rings. The summed E-state index contributed by atoms with van der Waals surface area (Å²) in [4.78, 5) is 0. The Hall–Kier alpha value is -0.860. The summed E-state index contributed by atoms with van der Waals surface area (Å²) in [6, 6.07) is 4.66. The molecule has 0 spiro atoms. The second-order valence-corrected chi connectivity index (χ2v) is 6.12. The lowest BCUT2D eigenvalue weighted by Crippen LogP contribution is -2.27. The molecule has 0 heterocycles. The van der Waals surface area contributed by atoms with Crippen LogP contribution in [0.4, 0.5) is 4.39 Å². The van der Waals surface area contributed by atoms with E-state index in [1.165, 1.54) is 11.6 Å². The van der Waals surface area contributed by atoms with Crippen LogP contribution in [0, 0.1) is 17.7 Å². The summed E-state index contributed by atoms with van der Waals surface area (Å²) in [5.74, 6) is 0.388. The number of hydrogen-bond donors (Lipinski definition) is 1. The standard InChI is InChI=1S/C16H20ClFO/c1-10-5-11(2)7-13(6-10)16(19)9-12-3-4-15(18)14(17)8-12/h3-5,8,10,13,16,19H,6-7,9H2,1-2H3. The van der Waals surface area contributed by atoms with Crippen molar-refractivity contribution in [2.45, 2.75) is 39.2 Å². The van der Waals surface area contributed by atoms with E-state index in [0.29, 0.717) is 12.3 Å². The van der Waals surface area contributed by atoms with E-state index in [9.17, 15) is 9.50 Å². The number of benzene rings is 1. The van der Waals surface area contributed by atoms with Crippen LogP contribution < -0.4 is 0 Å². The Morgan fingerprint density at radius 3 is 2.84 bits per heavy atom. The van der Waals surface area contributed by atoms with Crippen LogP contribution in [0.15, 0.2) is 29.8 Å². The van der Waals surface area contributed by atoms with E-state index < -0.39 is 11.9 Å². The predicted molar refractivity (Wildman–Crippen MR) is 76.8 cm³/mol. The summed E-state index contributed by atoms with van der Waals surface area (Å²) in [6.07, 6.45) is 4.36. The number of aliphatic hydroxyl groups is 1. The van der Waals surface area contributed by atoms with Gasteiger partial charge < -0.3 is 5.11 Å². The zero-order valence-electron chi connectivity index (χ0n) is 11.4. The van der Waals surface area contributed by atoms with Gasteiger partial charge in [-0.2, -0.15) is 0 Å². The minimum Gasteiger partial charge on any atom is -0.392 e. The smallest absolute Gasteiger partial charge is 0.141 e. The molecule has 3 atom stereocenters. The Labute approximate surface area is 119 Å². The van der Waals surface area contributed by atoms with Crippen molar-refractivity contribution in [3.05, 3.63) is 46.3 Å². The van der Waals surface area contributed by atoms with Crippen LogP contribution in [0.3, 0.4) is 0 Å². The molecule has 104 valence electrons. The molecular weight excluding hydrogens is 263 g/mol. The van der Waals surface area contributed by atoms with Gasteiger partial charge in [-0.15, -0.1) is 0 Å². The first-order valence-corrected chi connectivity index (χ1v) is 7.12. The number of allylic oxidation sites excluding steroid dienone is 2. The number of hydrogen-bond acceptors (Lipinski definition) is 1.